The number of ether oxygens (including phenoxy) is 3. The highest BCUT2D eigenvalue weighted by Crippen LogP contribution is 2.07. The zero-order valence-electron chi connectivity index (χ0n) is 10.8. The number of alkyl carbamates (subject to hydrolysis) is 1. The predicted octanol–water partition coefficient (Wildman–Crippen LogP) is 1.21. The lowest BCUT2D eigenvalue weighted by Gasteiger charge is -2.21. The van der Waals surface area contributed by atoms with E-state index in [1.54, 1.807) is 20.8 Å². The van der Waals surface area contributed by atoms with E-state index in [1.807, 2.05) is 0 Å². The number of carbonyl (C=O) groups excluding carboxylic acids is 2. The van der Waals surface area contributed by atoms with Crippen molar-refractivity contribution in [2.75, 3.05) is 14.2 Å². The summed E-state index contributed by atoms with van der Waals surface area (Å²) < 4.78 is 14.2. The summed E-state index contributed by atoms with van der Waals surface area (Å²) in [6.45, 7) is 5.18. The molecule has 0 saturated carbocycles. The molecule has 0 aromatic rings. The maximum atomic E-state index is 11.4. The summed E-state index contributed by atoms with van der Waals surface area (Å²) in [5.41, 5.74) is -0.629. The fraction of sp³-hybridized carbons (Fsp3) is 0.636. The van der Waals surface area contributed by atoms with Gasteiger partial charge in [-0.2, -0.15) is 0 Å². The fourth-order valence-corrected chi connectivity index (χ4v) is 0.904. The lowest BCUT2D eigenvalue weighted by atomic mass is 10.2. The SMILES string of the molecule is CO/C=C/C(NC(=O)OC(C)(C)C)C(=O)OC. The van der Waals surface area contributed by atoms with Crippen molar-refractivity contribution in [3.8, 4) is 0 Å². The van der Waals surface area contributed by atoms with Gasteiger partial charge in [-0.3, -0.25) is 0 Å². The van der Waals surface area contributed by atoms with Crippen molar-refractivity contribution in [3.63, 3.8) is 0 Å². The highest BCUT2D eigenvalue weighted by atomic mass is 16.6. The number of carbonyl (C=O) groups is 2. The first-order chi connectivity index (χ1) is 7.80. The maximum absolute atomic E-state index is 11.4. The quantitative estimate of drug-likeness (QED) is 0.595. The number of amides is 1. The molecule has 0 bridgehead atoms. The average Bonchev–Trinajstić information content (AvgIpc) is 2.20. The second kappa shape index (κ2) is 6.78. The molecule has 98 valence electrons. The summed E-state index contributed by atoms with van der Waals surface area (Å²) in [5.74, 6) is -0.607. The Morgan fingerprint density at radius 3 is 2.24 bits per heavy atom. The first kappa shape index (κ1) is 15.3. The summed E-state index contributed by atoms with van der Waals surface area (Å²) >= 11 is 0. The Hall–Kier alpha value is -1.72. The smallest absolute Gasteiger partial charge is 0.408 e. The Balaban J connectivity index is 4.48. The standard InChI is InChI=1S/C11H19NO5/c1-11(2,3)17-10(14)12-8(6-7-15-4)9(13)16-5/h6-8H,1-5H3,(H,12,14)/b7-6+. The summed E-state index contributed by atoms with van der Waals surface area (Å²) in [5, 5.41) is 2.36. The van der Waals surface area contributed by atoms with Gasteiger partial charge in [0.1, 0.15) is 5.60 Å². The molecule has 0 rings (SSSR count). The summed E-state index contributed by atoms with van der Waals surface area (Å²) in [6.07, 6.45) is 1.93. The molecule has 1 atom stereocenters. The molecule has 1 unspecified atom stereocenters. The molecule has 6 nitrogen and oxygen atoms in total. The molecule has 0 aliphatic rings. The van der Waals surface area contributed by atoms with Gasteiger partial charge in [-0.1, -0.05) is 0 Å². The second-order valence-electron chi connectivity index (χ2n) is 4.21. The lowest BCUT2D eigenvalue weighted by molar-refractivity contribution is -0.141. The molecule has 0 radical (unpaired) electrons. The molecular formula is C11H19NO5. The molecule has 1 amide bonds. The van der Waals surface area contributed by atoms with Crippen LogP contribution in [0.5, 0.6) is 0 Å². The highest BCUT2D eigenvalue weighted by molar-refractivity contribution is 5.83. The van der Waals surface area contributed by atoms with Crippen LogP contribution >= 0.6 is 0 Å². The molecule has 0 fully saturated rings. The Morgan fingerprint density at radius 1 is 1.24 bits per heavy atom. The van der Waals surface area contributed by atoms with Crippen LogP contribution in [-0.4, -0.2) is 37.9 Å². The molecule has 0 spiro atoms. The zero-order chi connectivity index (χ0) is 13.5. The Kier molecular flexibility index (Phi) is 6.09. The van der Waals surface area contributed by atoms with Gasteiger partial charge in [0.25, 0.3) is 0 Å². The van der Waals surface area contributed by atoms with Gasteiger partial charge in [0, 0.05) is 0 Å². The fourth-order valence-electron chi connectivity index (χ4n) is 0.904. The monoisotopic (exact) mass is 245 g/mol. The predicted molar refractivity (Wildman–Crippen MR) is 61.3 cm³/mol. The third-order valence-corrected chi connectivity index (χ3v) is 1.53. The Morgan fingerprint density at radius 2 is 1.82 bits per heavy atom. The van der Waals surface area contributed by atoms with Crippen LogP contribution in [0.3, 0.4) is 0 Å². The van der Waals surface area contributed by atoms with Gasteiger partial charge in [0.2, 0.25) is 0 Å². The third-order valence-electron chi connectivity index (χ3n) is 1.53. The highest BCUT2D eigenvalue weighted by Gasteiger charge is 2.22. The zero-order valence-corrected chi connectivity index (χ0v) is 10.8. The van der Waals surface area contributed by atoms with Crippen LogP contribution < -0.4 is 5.32 Å². The van der Waals surface area contributed by atoms with Crippen LogP contribution in [0.1, 0.15) is 20.8 Å². The topological polar surface area (TPSA) is 73.9 Å². The number of nitrogens with one attached hydrogen (secondary N) is 1. The van der Waals surface area contributed by atoms with Gasteiger partial charge < -0.3 is 19.5 Å². The maximum Gasteiger partial charge on any atom is 0.408 e. The molecule has 0 aromatic heterocycles. The molecule has 0 aliphatic heterocycles. The van der Waals surface area contributed by atoms with E-state index < -0.39 is 23.7 Å². The van der Waals surface area contributed by atoms with E-state index >= 15 is 0 Å². The third kappa shape index (κ3) is 7.21. The van der Waals surface area contributed by atoms with Crippen LogP contribution in [0.4, 0.5) is 4.79 Å². The van der Waals surface area contributed by atoms with Crippen molar-refractivity contribution in [2.24, 2.45) is 0 Å². The molecule has 1 N–H and O–H groups in total. The van der Waals surface area contributed by atoms with Gasteiger partial charge in [-0.05, 0) is 26.8 Å². The number of hydrogen-bond donors (Lipinski definition) is 1. The van der Waals surface area contributed by atoms with E-state index in [9.17, 15) is 9.59 Å². The summed E-state index contributed by atoms with van der Waals surface area (Å²) in [7, 11) is 2.66. The van der Waals surface area contributed by atoms with E-state index in [1.165, 1.54) is 26.6 Å². The number of esters is 1. The van der Waals surface area contributed by atoms with E-state index in [-0.39, 0.29) is 0 Å². The van der Waals surface area contributed by atoms with Crippen molar-refractivity contribution in [1.82, 2.24) is 5.32 Å². The largest absolute Gasteiger partial charge is 0.505 e. The second-order valence-corrected chi connectivity index (χ2v) is 4.21. The molecule has 17 heavy (non-hydrogen) atoms. The summed E-state index contributed by atoms with van der Waals surface area (Å²) in [4.78, 5) is 22.8. The van der Waals surface area contributed by atoms with Crippen molar-refractivity contribution >= 4 is 12.1 Å². The van der Waals surface area contributed by atoms with Crippen LogP contribution in [0, 0.1) is 0 Å². The Labute approximate surface area is 101 Å². The number of rotatable bonds is 4. The van der Waals surface area contributed by atoms with Crippen molar-refractivity contribution in [1.29, 1.82) is 0 Å². The normalized spacial score (nSPS) is 13.0. The van der Waals surface area contributed by atoms with E-state index in [0.29, 0.717) is 0 Å². The average molecular weight is 245 g/mol. The van der Waals surface area contributed by atoms with Crippen LogP contribution in [0.15, 0.2) is 12.3 Å². The lowest BCUT2D eigenvalue weighted by Crippen LogP contribution is -2.42. The van der Waals surface area contributed by atoms with Crippen molar-refractivity contribution < 1.29 is 23.8 Å². The van der Waals surface area contributed by atoms with E-state index in [4.69, 9.17) is 4.74 Å². The van der Waals surface area contributed by atoms with E-state index in [0.717, 1.165) is 0 Å². The van der Waals surface area contributed by atoms with Crippen molar-refractivity contribution in [2.45, 2.75) is 32.4 Å². The van der Waals surface area contributed by atoms with E-state index in [2.05, 4.69) is 14.8 Å². The number of methoxy groups -OCH3 is 2. The minimum Gasteiger partial charge on any atom is -0.505 e. The summed E-state index contributed by atoms with van der Waals surface area (Å²) in [6, 6.07) is -0.935. The molecule has 0 aliphatic carbocycles. The van der Waals surface area contributed by atoms with Crippen molar-refractivity contribution in [3.05, 3.63) is 12.3 Å². The minimum atomic E-state index is -0.935. The minimum absolute atomic E-state index is 0.607. The molecule has 0 aromatic carbocycles. The van der Waals surface area contributed by atoms with Gasteiger partial charge in [0.05, 0.1) is 20.5 Å². The first-order valence-corrected chi connectivity index (χ1v) is 5.07. The van der Waals surface area contributed by atoms with Crippen LogP contribution in [-0.2, 0) is 19.0 Å². The van der Waals surface area contributed by atoms with Gasteiger partial charge >= 0.3 is 12.1 Å². The molecule has 6 heteroatoms. The first-order valence-electron chi connectivity index (χ1n) is 5.07. The molecular weight excluding hydrogens is 226 g/mol. The van der Waals surface area contributed by atoms with Gasteiger partial charge in [-0.25, -0.2) is 9.59 Å². The van der Waals surface area contributed by atoms with Crippen LogP contribution in [0.25, 0.3) is 0 Å². The Bertz CT molecular complexity index is 293. The van der Waals surface area contributed by atoms with Gasteiger partial charge in [0.15, 0.2) is 6.04 Å². The molecule has 0 saturated heterocycles. The van der Waals surface area contributed by atoms with Crippen LogP contribution in [0.2, 0.25) is 0 Å². The number of hydrogen-bond acceptors (Lipinski definition) is 5. The molecule has 0 heterocycles. The van der Waals surface area contributed by atoms with Gasteiger partial charge in [-0.15, -0.1) is 0 Å².